The van der Waals surface area contributed by atoms with Gasteiger partial charge in [-0.05, 0) is 55.5 Å². The molecule has 0 aliphatic carbocycles. The van der Waals surface area contributed by atoms with Crippen LogP contribution in [0.2, 0.25) is 0 Å². The van der Waals surface area contributed by atoms with Crippen LogP contribution in [0, 0.1) is 5.92 Å². The second-order valence-corrected chi connectivity index (χ2v) is 10.2. The van der Waals surface area contributed by atoms with Crippen LogP contribution in [0.5, 0.6) is 0 Å². The summed E-state index contributed by atoms with van der Waals surface area (Å²) in [4.78, 5) is 26.9. The first kappa shape index (κ1) is 22.5. The third kappa shape index (κ3) is 4.56. The van der Waals surface area contributed by atoms with Crippen LogP contribution in [0.3, 0.4) is 0 Å². The van der Waals surface area contributed by atoms with Gasteiger partial charge in [0.1, 0.15) is 0 Å². The van der Waals surface area contributed by atoms with Crippen LogP contribution < -0.4 is 0 Å². The standard InChI is InChI=1S/C24H28N2O5S/c1-2-31-24(28)21-10-6-13-25(16-21)23(27)19-9-5-11-22(15-19)32(29,30)26-14-12-18-7-3-4-8-20(18)17-26/h3-5,7-9,11,15,21H,2,6,10,12-14,16-17H2,1H3/t21-/m0/s1. The minimum atomic E-state index is -3.73. The fourth-order valence-corrected chi connectivity index (χ4v) is 5.88. The highest BCUT2D eigenvalue weighted by Crippen LogP contribution is 2.26. The zero-order chi connectivity index (χ0) is 22.7. The van der Waals surface area contributed by atoms with Crippen molar-refractivity contribution in [1.29, 1.82) is 0 Å². The highest BCUT2D eigenvalue weighted by Gasteiger charge is 2.32. The molecule has 1 saturated heterocycles. The summed E-state index contributed by atoms with van der Waals surface area (Å²) in [7, 11) is -3.73. The van der Waals surface area contributed by atoms with Gasteiger partial charge in [-0.1, -0.05) is 30.3 Å². The molecule has 2 aliphatic heterocycles. The molecule has 32 heavy (non-hydrogen) atoms. The molecule has 0 radical (unpaired) electrons. The van der Waals surface area contributed by atoms with Crippen LogP contribution >= 0.6 is 0 Å². The van der Waals surface area contributed by atoms with E-state index in [9.17, 15) is 18.0 Å². The molecule has 1 amide bonds. The summed E-state index contributed by atoms with van der Waals surface area (Å²) in [5.41, 5.74) is 2.49. The molecule has 2 aromatic rings. The Labute approximate surface area is 189 Å². The molecule has 0 bridgehead atoms. The number of nitrogens with zero attached hydrogens (tertiary/aromatic N) is 2. The molecule has 1 fully saturated rings. The molecule has 0 aromatic heterocycles. The van der Waals surface area contributed by atoms with E-state index in [1.165, 1.54) is 22.0 Å². The van der Waals surface area contributed by atoms with Gasteiger partial charge in [-0.3, -0.25) is 9.59 Å². The second kappa shape index (κ2) is 9.42. The molecule has 0 N–H and O–H groups in total. The van der Waals surface area contributed by atoms with Crippen molar-refractivity contribution in [3.63, 3.8) is 0 Å². The van der Waals surface area contributed by atoms with E-state index < -0.39 is 10.0 Å². The monoisotopic (exact) mass is 456 g/mol. The van der Waals surface area contributed by atoms with Gasteiger partial charge in [0.05, 0.1) is 17.4 Å². The van der Waals surface area contributed by atoms with Crippen molar-refractivity contribution < 1.29 is 22.7 Å². The summed E-state index contributed by atoms with van der Waals surface area (Å²) in [6, 6.07) is 14.1. The van der Waals surface area contributed by atoms with Crippen LogP contribution in [-0.2, 0) is 32.5 Å². The molecular weight excluding hydrogens is 428 g/mol. The first-order chi connectivity index (χ1) is 15.4. The first-order valence-electron chi connectivity index (χ1n) is 11.0. The van der Waals surface area contributed by atoms with Gasteiger partial charge < -0.3 is 9.64 Å². The van der Waals surface area contributed by atoms with E-state index in [0.717, 1.165) is 5.56 Å². The third-order valence-corrected chi connectivity index (χ3v) is 7.98. The minimum absolute atomic E-state index is 0.113. The molecule has 2 aromatic carbocycles. The van der Waals surface area contributed by atoms with Gasteiger partial charge in [0, 0.05) is 31.7 Å². The van der Waals surface area contributed by atoms with E-state index in [-0.39, 0.29) is 29.2 Å². The Balaban J connectivity index is 1.52. The van der Waals surface area contributed by atoms with E-state index >= 15 is 0 Å². The average Bonchev–Trinajstić information content (AvgIpc) is 2.83. The minimum Gasteiger partial charge on any atom is -0.466 e. The maximum atomic E-state index is 13.3. The van der Waals surface area contributed by atoms with Gasteiger partial charge in [-0.2, -0.15) is 4.31 Å². The molecule has 0 spiro atoms. The van der Waals surface area contributed by atoms with Crippen LogP contribution in [0.4, 0.5) is 0 Å². The second-order valence-electron chi connectivity index (χ2n) is 8.23. The summed E-state index contributed by atoms with van der Waals surface area (Å²) in [5, 5.41) is 0. The van der Waals surface area contributed by atoms with Crippen molar-refractivity contribution >= 4 is 21.9 Å². The van der Waals surface area contributed by atoms with Crippen LogP contribution in [0.15, 0.2) is 53.4 Å². The van der Waals surface area contributed by atoms with Crippen molar-refractivity contribution in [3.05, 3.63) is 65.2 Å². The Morgan fingerprint density at radius 3 is 2.62 bits per heavy atom. The summed E-state index contributed by atoms with van der Waals surface area (Å²) in [6.07, 6.45) is 2.06. The molecule has 7 nitrogen and oxygen atoms in total. The molecule has 2 aliphatic rings. The predicted octanol–water partition coefficient (Wildman–Crippen LogP) is 2.85. The normalized spacial score (nSPS) is 19.3. The SMILES string of the molecule is CCOC(=O)[C@H]1CCCN(C(=O)c2cccc(S(=O)(=O)N3CCc4ccccc4C3)c2)C1. The van der Waals surface area contributed by atoms with Crippen molar-refractivity contribution in [2.24, 2.45) is 5.92 Å². The third-order valence-electron chi connectivity index (χ3n) is 6.14. The number of carbonyl (C=O) groups excluding carboxylic acids is 2. The molecule has 8 heteroatoms. The zero-order valence-electron chi connectivity index (χ0n) is 18.2. The fraction of sp³-hybridized carbons (Fsp3) is 0.417. The van der Waals surface area contributed by atoms with Gasteiger partial charge in [0.2, 0.25) is 10.0 Å². The number of likely N-dealkylation sites (tertiary alicyclic amines) is 1. The summed E-state index contributed by atoms with van der Waals surface area (Å²) < 4.78 is 33.2. The molecular formula is C24H28N2O5S. The number of sulfonamides is 1. The van der Waals surface area contributed by atoms with E-state index in [1.807, 2.05) is 24.3 Å². The average molecular weight is 457 g/mol. The lowest BCUT2D eigenvalue weighted by Crippen LogP contribution is -2.43. The largest absolute Gasteiger partial charge is 0.466 e. The number of amides is 1. The van der Waals surface area contributed by atoms with Gasteiger partial charge in [0.15, 0.2) is 0 Å². The number of carbonyl (C=O) groups is 2. The number of benzene rings is 2. The Hall–Kier alpha value is -2.71. The topological polar surface area (TPSA) is 84.0 Å². The van der Waals surface area contributed by atoms with Crippen molar-refractivity contribution in [1.82, 2.24) is 9.21 Å². The first-order valence-corrected chi connectivity index (χ1v) is 12.5. The van der Waals surface area contributed by atoms with Gasteiger partial charge in [-0.25, -0.2) is 8.42 Å². The molecule has 4 rings (SSSR count). The van der Waals surface area contributed by atoms with Crippen LogP contribution in [0.25, 0.3) is 0 Å². The van der Waals surface area contributed by atoms with E-state index in [1.54, 1.807) is 24.0 Å². The van der Waals surface area contributed by atoms with Crippen molar-refractivity contribution in [2.75, 3.05) is 26.2 Å². The number of hydrogen-bond donors (Lipinski definition) is 0. The molecule has 0 unspecified atom stereocenters. The number of ether oxygens (including phenoxy) is 1. The van der Waals surface area contributed by atoms with Crippen molar-refractivity contribution in [2.45, 2.75) is 37.6 Å². The lowest BCUT2D eigenvalue weighted by Gasteiger charge is -2.32. The van der Waals surface area contributed by atoms with E-state index in [4.69, 9.17) is 4.74 Å². The summed E-state index contributed by atoms with van der Waals surface area (Å²) >= 11 is 0. The molecule has 170 valence electrons. The van der Waals surface area contributed by atoms with Gasteiger partial charge in [0.25, 0.3) is 5.91 Å². The smallest absolute Gasteiger partial charge is 0.310 e. The lowest BCUT2D eigenvalue weighted by molar-refractivity contribution is -0.149. The Morgan fingerprint density at radius 1 is 1.06 bits per heavy atom. The van der Waals surface area contributed by atoms with Gasteiger partial charge in [-0.15, -0.1) is 0 Å². The zero-order valence-corrected chi connectivity index (χ0v) is 19.0. The Kier molecular flexibility index (Phi) is 6.62. The number of piperidine rings is 1. The fourth-order valence-electron chi connectivity index (χ4n) is 4.41. The van der Waals surface area contributed by atoms with Crippen LogP contribution in [0.1, 0.15) is 41.3 Å². The number of hydrogen-bond acceptors (Lipinski definition) is 5. The Bertz CT molecular complexity index is 1110. The summed E-state index contributed by atoms with van der Waals surface area (Å²) in [6.45, 7) is 3.63. The predicted molar refractivity (Wildman–Crippen MR) is 119 cm³/mol. The molecule has 0 saturated carbocycles. The maximum absolute atomic E-state index is 13.3. The van der Waals surface area contributed by atoms with Crippen molar-refractivity contribution in [3.8, 4) is 0 Å². The number of fused-ring (bicyclic) bond motifs is 1. The van der Waals surface area contributed by atoms with Gasteiger partial charge >= 0.3 is 5.97 Å². The lowest BCUT2D eigenvalue weighted by atomic mass is 9.97. The number of rotatable bonds is 5. The highest BCUT2D eigenvalue weighted by atomic mass is 32.2. The van der Waals surface area contributed by atoms with E-state index in [0.29, 0.717) is 51.1 Å². The molecule has 2 heterocycles. The quantitative estimate of drug-likeness (QED) is 0.646. The molecule has 1 atom stereocenters. The van der Waals surface area contributed by atoms with Crippen LogP contribution in [-0.4, -0.2) is 55.7 Å². The number of esters is 1. The Morgan fingerprint density at radius 2 is 1.84 bits per heavy atom. The highest BCUT2D eigenvalue weighted by molar-refractivity contribution is 7.89. The maximum Gasteiger partial charge on any atom is 0.310 e. The summed E-state index contributed by atoms with van der Waals surface area (Å²) in [5.74, 6) is -0.889. The van der Waals surface area contributed by atoms with E-state index in [2.05, 4.69) is 0 Å².